The second-order valence-corrected chi connectivity index (χ2v) is 8.77. The van der Waals surface area contributed by atoms with Gasteiger partial charge in [-0.15, -0.1) is 0 Å². The van der Waals surface area contributed by atoms with Gasteiger partial charge in [0.15, 0.2) is 0 Å². The van der Waals surface area contributed by atoms with Crippen LogP contribution < -0.4 is 14.8 Å². The summed E-state index contributed by atoms with van der Waals surface area (Å²) in [5.74, 6) is -0.336. The molecule has 1 amide bonds. The van der Waals surface area contributed by atoms with Crippen molar-refractivity contribution in [1.82, 2.24) is 10.0 Å². The maximum Gasteiger partial charge on any atom is 0.405 e. The molecule has 3 aromatic rings. The molecular weight excluding hydrogens is 457 g/mol. The standard InChI is InChI=1S/C23H21F3N2O4S/c1-32-19-11-7-17(8-12-19)21(16-5-3-2-4-6-16)28-33(30,31)20-13-9-18(10-14-20)22(29)27-15-23(24,25)26/h2-14,21,28H,15H2,1H3,(H,27,29)/t21-/m1/s1. The van der Waals surface area contributed by atoms with E-state index in [-0.39, 0.29) is 10.5 Å². The van der Waals surface area contributed by atoms with Gasteiger partial charge in [0.05, 0.1) is 18.0 Å². The van der Waals surface area contributed by atoms with Crippen molar-refractivity contribution in [1.29, 1.82) is 0 Å². The van der Waals surface area contributed by atoms with Crippen molar-refractivity contribution in [2.75, 3.05) is 13.7 Å². The lowest BCUT2D eigenvalue weighted by atomic mass is 10.00. The fourth-order valence-corrected chi connectivity index (χ4v) is 4.27. The average molecular weight is 478 g/mol. The molecule has 0 spiro atoms. The molecule has 2 N–H and O–H groups in total. The Bertz CT molecular complexity index is 1180. The van der Waals surface area contributed by atoms with Crippen LogP contribution in [-0.4, -0.2) is 34.2 Å². The number of alkyl halides is 3. The molecule has 33 heavy (non-hydrogen) atoms. The van der Waals surface area contributed by atoms with Crippen molar-refractivity contribution >= 4 is 15.9 Å². The largest absolute Gasteiger partial charge is 0.497 e. The zero-order valence-corrected chi connectivity index (χ0v) is 18.3. The van der Waals surface area contributed by atoms with Gasteiger partial charge in [-0.25, -0.2) is 8.42 Å². The summed E-state index contributed by atoms with van der Waals surface area (Å²) in [6.45, 7) is -1.48. The highest BCUT2D eigenvalue weighted by Gasteiger charge is 2.28. The van der Waals surface area contributed by atoms with E-state index in [2.05, 4.69) is 4.72 Å². The minimum absolute atomic E-state index is 0.0898. The zero-order valence-electron chi connectivity index (χ0n) is 17.5. The number of methoxy groups -OCH3 is 1. The Labute approximate surface area is 189 Å². The van der Waals surface area contributed by atoms with Gasteiger partial charge in [0, 0.05) is 5.56 Å². The van der Waals surface area contributed by atoms with Gasteiger partial charge in [0.2, 0.25) is 10.0 Å². The molecule has 0 bridgehead atoms. The highest BCUT2D eigenvalue weighted by molar-refractivity contribution is 7.89. The number of hydrogen-bond donors (Lipinski definition) is 2. The lowest BCUT2D eigenvalue weighted by Gasteiger charge is -2.20. The van der Waals surface area contributed by atoms with Crippen LogP contribution in [0.5, 0.6) is 5.75 Å². The average Bonchev–Trinajstić information content (AvgIpc) is 2.81. The van der Waals surface area contributed by atoms with E-state index in [0.29, 0.717) is 16.9 Å². The highest BCUT2D eigenvalue weighted by atomic mass is 32.2. The smallest absolute Gasteiger partial charge is 0.405 e. The molecule has 0 saturated carbocycles. The van der Waals surface area contributed by atoms with Crippen molar-refractivity contribution in [3.63, 3.8) is 0 Å². The van der Waals surface area contributed by atoms with Crippen LogP contribution in [0.2, 0.25) is 0 Å². The third-order valence-electron chi connectivity index (χ3n) is 4.73. The lowest BCUT2D eigenvalue weighted by molar-refractivity contribution is -0.123. The molecule has 0 fully saturated rings. The topological polar surface area (TPSA) is 84.5 Å². The Kier molecular flexibility index (Phi) is 7.39. The second kappa shape index (κ2) is 10.1. The predicted octanol–water partition coefficient (Wildman–Crippen LogP) is 4.06. The third-order valence-corrected chi connectivity index (χ3v) is 6.17. The highest BCUT2D eigenvalue weighted by Crippen LogP contribution is 2.26. The minimum Gasteiger partial charge on any atom is -0.497 e. The Morgan fingerprint density at radius 3 is 2.03 bits per heavy atom. The second-order valence-electron chi connectivity index (χ2n) is 7.06. The molecular formula is C23H21F3N2O4S. The number of carbonyl (C=O) groups excluding carboxylic acids is 1. The van der Waals surface area contributed by atoms with E-state index in [0.717, 1.165) is 12.1 Å². The normalized spacial score (nSPS) is 12.7. The summed E-state index contributed by atoms with van der Waals surface area (Å²) in [4.78, 5) is 11.7. The first-order chi connectivity index (χ1) is 15.6. The molecule has 0 aromatic heterocycles. The van der Waals surface area contributed by atoms with Crippen LogP contribution >= 0.6 is 0 Å². The third kappa shape index (κ3) is 6.56. The lowest BCUT2D eigenvalue weighted by Crippen LogP contribution is -2.33. The van der Waals surface area contributed by atoms with E-state index in [1.165, 1.54) is 19.2 Å². The number of nitrogens with one attached hydrogen (secondary N) is 2. The quantitative estimate of drug-likeness (QED) is 0.512. The van der Waals surface area contributed by atoms with Gasteiger partial charge < -0.3 is 10.1 Å². The fourth-order valence-electron chi connectivity index (χ4n) is 3.06. The summed E-state index contributed by atoms with van der Waals surface area (Å²) in [5.41, 5.74) is 1.29. The Morgan fingerprint density at radius 1 is 0.909 bits per heavy atom. The van der Waals surface area contributed by atoms with Crippen molar-refractivity contribution in [2.45, 2.75) is 17.1 Å². The van der Waals surface area contributed by atoms with E-state index in [1.807, 2.05) is 6.07 Å². The molecule has 0 saturated heterocycles. The predicted molar refractivity (Wildman–Crippen MR) is 116 cm³/mol. The molecule has 0 unspecified atom stereocenters. The van der Waals surface area contributed by atoms with Gasteiger partial charge >= 0.3 is 6.18 Å². The van der Waals surface area contributed by atoms with Crippen molar-refractivity contribution in [2.24, 2.45) is 0 Å². The maximum atomic E-state index is 13.1. The molecule has 1 atom stereocenters. The molecule has 0 aliphatic carbocycles. The summed E-state index contributed by atoms with van der Waals surface area (Å²) >= 11 is 0. The van der Waals surface area contributed by atoms with Crippen molar-refractivity contribution in [3.05, 3.63) is 95.6 Å². The van der Waals surface area contributed by atoms with E-state index < -0.39 is 34.7 Å². The molecule has 0 heterocycles. The molecule has 3 aromatic carbocycles. The number of rotatable bonds is 8. The van der Waals surface area contributed by atoms with E-state index in [1.54, 1.807) is 53.8 Å². The number of halogens is 3. The number of ether oxygens (including phenoxy) is 1. The van der Waals surface area contributed by atoms with Gasteiger partial charge in [-0.3, -0.25) is 4.79 Å². The number of hydrogen-bond acceptors (Lipinski definition) is 4. The Morgan fingerprint density at radius 2 is 1.48 bits per heavy atom. The van der Waals surface area contributed by atoms with E-state index >= 15 is 0 Å². The fraction of sp³-hybridized carbons (Fsp3) is 0.174. The Balaban J connectivity index is 1.84. The minimum atomic E-state index is -4.54. The summed E-state index contributed by atoms with van der Waals surface area (Å²) < 4.78 is 70.8. The molecule has 10 heteroatoms. The van der Waals surface area contributed by atoms with Crippen LogP contribution in [0.1, 0.15) is 27.5 Å². The molecule has 174 valence electrons. The van der Waals surface area contributed by atoms with Gasteiger partial charge in [0.1, 0.15) is 12.3 Å². The van der Waals surface area contributed by atoms with Crippen LogP contribution in [0.3, 0.4) is 0 Å². The Hall–Kier alpha value is -3.37. The van der Waals surface area contributed by atoms with Gasteiger partial charge in [-0.05, 0) is 47.5 Å². The summed E-state index contributed by atoms with van der Waals surface area (Å²) in [6, 6.07) is 19.8. The van der Waals surface area contributed by atoms with E-state index in [4.69, 9.17) is 4.74 Å². The number of benzene rings is 3. The van der Waals surface area contributed by atoms with Crippen LogP contribution in [0.25, 0.3) is 0 Å². The van der Waals surface area contributed by atoms with Gasteiger partial charge in [-0.1, -0.05) is 42.5 Å². The first-order valence-electron chi connectivity index (χ1n) is 9.75. The molecule has 0 aliphatic heterocycles. The monoisotopic (exact) mass is 478 g/mol. The number of amides is 1. The van der Waals surface area contributed by atoms with Gasteiger partial charge in [0.25, 0.3) is 5.91 Å². The van der Waals surface area contributed by atoms with Crippen LogP contribution in [0, 0.1) is 0 Å². The van der Waals surface area contributed by atoms with Crippen LogP contribution in [-0.2, 0) is 10.0 Å². The summed E-state index contributed by atoms with van der Waals surface area (Å²) in [6.07, 6.45) is -4.54. The number of sulfonamides is 1. The van der Waals surface area contributed by atoms with Crippen LogP contribution in [0.4, 0.5) is 13.2 Å². The van der Waals surface area contributed by atoms with Crippen LogP contribution in [0.15, 0.2) is 83.8 Å². The van der Waals surface area contributed by atoms with Crippen molar-refractivity contribution in [3.8, 4) is 5.75 Å². The first kappa shape index (κ1) is 24.3. The number of carbonyl (C=O) groups is 1. The van der Waals surface area contributed by atoms with Crippen molar-refractivity contribution < 1.29 is 31.1 Å². The maximum absolute atomic E-state index is 13.1. The van der Waals surface area contributed by atoms with Gasteiger partial charge in [-0.2, -0.15) is 17.9 Å². The SMILES string of the molecule is COc1ccc([C@H](NS(=O)(=O)c2ccc(C(=O)NCC(F)(F)F)cc2)c2ccccc2)cc1. The summed E-state index contributed by atoms with van der Waals surface area (Å²) in [7, 11) is -2.52. The zero-order chi connectivity index (χ0) is 24.1. The molecule has 0 radical (unpaired) electrons. The molecule has 3 rings (SSSR count). The molecule has 0 aliphatic rings. The molecule has 6 nitrogen and oxygen atoms in total. The van der Waals surface area contributed by atoms with E-state index in [9.17, 15) is 26.4 Å². The summed E-state index contributed by atoms with van der Waals surface area (Å²) in [5, 5.41) is 1.74. The first-order valence-corrected chi connectivity index (χ1v) is 11.2.